The lowest BCUT2D eigenvalue weighted by molar-refractivity contribution is -0.132. The molecular formula is C25H22N2O3S. The van der Waals surface area contributed by atoms with E-state index in [4.69, 9.17) is 17.0 Å². The molecule has 31 heavy (non-hydrogen) atoms. The highest BCUT2D eigenvalue weighted by Crippen LogP contribution is 2.32. The highest BCUT2D eigenvalue weighted by molar-refractivity contribution is 7.80. The van der Waals surface area contributed by atoms with Crippen LogP contribution >= 0.6 is 12.2 Å². The van der Waals surface area contributed by atoms with Crippen molar-refractivity contribution >= 4 is 46.0 Å². The summed E-state index contributed by atoms with van der Waals surface area (Å²) in [6.45, 7) is 2.41. The lowest BCUT2D eigenvalue weighted by atomic mass is 9.99. The number of benzene rings is 3. The van der Waals surface area contributed by atoms with Crippen molar-refractivity contribution in [2.45, 2.75) is 13.5 Å². The van der Waals surface area contributed by atoms with Crippen LogP contribution in [0.2, 0.25) is 0 Å². The van der Waals surface area contributed by atoms with Crippen LogP contribution in [0, 0.1) is 6.92 Å². The molecule has 4 rings (SSSR count). The average Bonchev–Trinajstić information content (AvgIpc) is 2.79. The third-order valence-corrected chi connectivity index (χ3v) is 5.93. The van der Waals surface area contributed by atoms with Gasteiger partial charge >= 0.3 is 0 Å². The van der Waals surface area contributed by atoms with E-state index in [9.17, 15) is 9.59 Å². The third kappa shape index (κ3) is 3.94. The number of hydrogen-bond acceptors (Lipinski definition) is 4. The zero-order valence-electron chi connectivity index (χ0n) is 17.6. The van der Waals surface area contributed by atoms with Crippen molar-refractivity contribution in [3.63, 3.8) is 0 Å². The predicted octanol–water partition coefficient (Wildman–Crippen LogP) is 4.33. The standard InChI is InChI=1S/C25H22N2O3S/c1-16-8-10-17(11-9-16)15-30-22-13-12-18-6-4-5-7-19(18)20(22)14-21-23(28)26(2)25(31)27(3)24(21)29/h4-14H,15H2,1-3H3. The van der Waals surface area contributed by atoms with Crippen molar-refractivity contribution in [3.8, 4) is 5.75 Å². The topological polar surface area (TPSA) is 49.9 Å². The largest absolute Gasteiger partial charge is 0.488 e. The Kier molecular flexibility index (Phi) is 5.57. The number of ether oxygens (including phenoxy) is 1. The van der Waals surface area contributed by atoms with Crippen molar-refractivity contribution in [1.82, 2.24) is 9.80 Å². The van der Waals surface area contributed by atoms with Crippen LogP contribution in [0.5, 0.6) is 5.75 Å². The van der Waals surface area contributed by atoms with E-state index in [-0.39, 0.29) is 10.7 Å². The van der Waals surface area contributed by atoms with Crippen LogP contribution in [-0.4, -0.2) is 40.8 Å². The first kappa shape index (κ1) is 20.8. The summed E-state index contributed by atoms with van der Waals surface area (Å²) in [5.41, 5.74) is 2.96. The summed E-state index contributed by atoms with van der Waals surface area (Å²) >= 11 is 5.19. The van der Waals surface area contributed by atoms with E-state index < -0.39 is 11.8 Å². The quantitative estimate of drug-likeness (QED) is 0.351. The van der Waals surface area contributed by atoms with E-state index in [0.717, 1.165) is 16.3 Å². The molecule has 1 aliphatic heterocycles. The Hall–Kier alpha value is -3.51. The number of carbonyl (C=O) groups excluding carboxylic acids is 2. The molecule has 0 bridgehead atoms. The van der Waals surface area contributed by atoms with Gasteiger partial charge in [-0.15, -0.1) is 0 Å². The molecule has 0 radical (unpaired) electrons. The van der Waals surface area contributed by atoms with Gasteiger partial charge in [-0.25, -0.2) is 0 Å². The minimum Gasteiger partial charge on any atom is -0.488 e. The smallest absolute Gasteiger partial charge is 0.265 e. The maximum Gasteiger partial charge on any atom is 0.265 e. The van der Waals surface area contributed by atoms with Gasteiger partial charge in [0.2, 0.25) is 0 Å². The number of fused-ring (bicyclic) bond motifs is 1. The number of nitrogens with zero attached hydrogens (tertiary/aromatic N) is 2. The van der Waals surface area contributed by atoms with Crippen LogP contribution in [0.3, 0.4) is 0 Å². The monoisotopic (exact) mass is 430 g/mol. The highest BCUT2D eigenvalue weighted by Gasteiger charge is 2.35. The molecule has 6 heteroatoms. The third-order valence-electron chi connectivity index (χ3n) is 5.38. The second-order valence-electron chi connectivity index (χ2n) is 7.54. The fraction of sp³-hybridized carbons (Fsp3) is 0.160. The molecule has 1 aliphatic rings. The zero-order chi connectivity index (χ0) is 22.1. The van der Waals surface area contributed by atoms with Crippen LogP contribution in [0.1, 0.15) is 16.7 Å². The van der Waals surface area contributed by atoms with E-state index >= 15 is 0 Å². The van der Waals surface area contributed by atoms with Crippen molar-refractivity contribution in [2.24, 2.45) is 0 Å². The molecular weight excluding hydrogens is 408 g/mol. The number of rotatable bonds is 4. The van der Waals surface area contributed by atoms with Crippen molar-refractivity contribution < 1.29 is 14.3 Å². The Balaban J connectivity index is 1.79. The van der Waals surface area contributed by atoms with Crippen LogP contribution in [-0.2, 0) is 16.2 Å². The van der Waals surface area contributed by atoms with Gasteiger partial charge in [0, 0.05) is 19.7 Å². The van der Waals surface area contributed by atoms with Crippen LogP contribution < -0.4 is 4.74 Å². The van der Waals surface area contributed by atoms with Gasteiger partial charge in [0.1, 0.15) is 17.9 Å². The highest BCUT2D eigenvalue weighted by atomic mass is 32.1. The molecule has 156 valence electrons. The van der Waals surface area contributed by atoms with Gasteiger partial charge in [-0.2, -0.15) is 0 Å². The van der Waals surface area contributed by atoms with Gasteiger partial charge in [0.25, 0.3) is 11.8 Å². The molecule has 1 saturated heterocycles. The number of thiocarbonyl (C=S) groups is 1. The van der Waals surface area contributed by atoms with E-state index in [2.05, 4.69) is 0 Å². The minimum absolute atomic E-state index is 0.0511. The maximum absolute atomic E-state index is 12.8. The second kappa shape index (κ2) is 8.32. The van der Waals surface area contributed by atoms with E-state index in [1.165, 1.54) is 15.4 Å². The fourth-order valence-corrected chi connectivity index (χ4v) is 3.68. The van der Waals surface area contributed by atoms with Gasteiger partial charge in [-0.1, -0.05) is 60.2 Å². The van der Waals surface area contributed by atoms with Crippen molar-refractivity contribution in [2.75, 3.05) is 14.1 Å². The summed E-state index contributed by atoms with van der Waals surface area (Å²) in [5, 5.41) is 2.07. The summed E-state index contributed by atoms with van der Waals surface area (Å²) < 4.78 is 6.14. The molecule has 0 unspecified atom stereocenters. The number of aryl methyl sites for hydroxylation is 1. The molecule has 1 fully saturated rings. The van der Waals surface area contributed by atoms with Crippen LogP contribution in [0.25, 0.3) is 16.8 Å². The predicted molar refractivity (Wildman–Crippen MR) is 126 cm³/mol. The Morgan fingerprint density at radius 1 is 0.903 bits per heavy atom. The molecule has 0 aromatic heterocycles. The first-order chi connectivity index (χ1) is 14.9. The van der Waals surface area contributed by atoms with E-state index in [0.29, 0.717) is 17.9 Å². The van der Waals surface area contributed by atoms with Gasteiger partial charge in [0.05, 0.1) is 0 Å². The SMILES string of the molecule is Cc1ccc(COc2ccc3ccccc3c2C=C2C(=O)N(C)C(=S)N(C)C2=O)cc1. The Labute approximate surface area is 186 Å². The Morgan fingerprint density at radius 3 is 2.23 bits per heavy atom. The Bertz CT molecular complexity index is 1210. The number of likely N-dealkylation sites (N-methyl/N-ethyl adjacent to an activating group) is 2. The molecule has 0 aliphatic carbocycles. The lowest BCUT2D eigenvalue weighted by Crippen LogP contribution is -2.52. The number of carbonyl (C=O) groups is 2. The minimum atomic E-state index is -0.425. The lowest BCUT2D eigenvalue weighted by Gasteiger charge is -2.31. The maximum atomic E-state index is 12.8. The Morgan fingerprint density at radius 2 is 1.55 bits per heavy atom. The summed E-state index contributed by atoms with van der Waals surface area (Å²) in [6, 6.07) is 19.8. The summed E-state index contributed by atoms with van der Waals surface area (Å²) in [7, 11) is 3.14. The van der Waals surface area contributed by atoms with E-state index in [1.807, 2.05) is 67.6 Å². The number of hydrogen-bond donors (Lipinski definition) is 0. The molecule has 0 saturated carbocycles. The van der Waals surface area contributed by atoms with Gasteiger partial charge in [-0.05, 0) is 47.6 Å². The second-order valence-corrected chi connectivity index (χ2v) is 7.91. The summed E-state index contributed by atoms with van der Waals surface area (Å²) in [6.07, 6.45) is 1.62. The van der Waals surface area contributed by atoms with Crippen molar-refractivity contribution in [1.29, 1.82) is 0 Å². The first-order valence-corrected chi connectivity index (χ1v) is 10.3. The molecule has 5 nitrogen and oxygen atoms in total. The molecule has 1 heterocycles. The van der Waals surface area contributed by atoms with Crippen molar-refractivity contribution in [3.05, 3.63) is 82.9 Å². The molecule has 0 atom stereocenters. The molecule has 3 aromatic rings. The summed E-state index contributed by atoms with van der Waals surface area (Å²) in [4.78, 5) is 28.3. The van der Waals surface area contributed by atoms with Crippen LogP contribution in [0.4, 0.5) is 0 Å². The normalized spacial score (nSPS) is 14.4. The van der Waals surface area contributed by atoms with Gasteiger partial charge in [-0.3, -0.25) is 19.4 Å². The average molecular weight is 431 g/mol. The molecule has 0 spiro atoms. The molecule has 3 aromatic carbocycles. The zero-order valence-corrected chi connectivity index (χ0v) is 18.4. The van der Waals surface area contributed by atoms with E-state index in [1.54, 1.807) is 20.2 Å². The number of amides is 2. The fourth-order valence-electron chi connectivity index (χ4n) is 3.52. The molecule has 2 amide bonds. The van der Waals surface area contributed by atoms with Crippen LogP contribution in [0.15, 0.2) is 66.2 Å². The summed E-state index contributed by atoms with van der Waals surface area (Å²) in [5.74, 6) is -0.248. The van der Waals surface area contributed by atoms with Gasteiger partial charge < -0.3 is 4.74 Å². The molecule has 0 N–H and O–H groups in total. The first-order valence-electron chi connectivity index (χ1n) is 9.88. The van der Waals surface area contributed by atoms with Gasteiger partial charge in [0.15, 0.2) is 5.11 Å².